The van der Waals surface area contributed by atoms with Crippen molar-refractivity contribution in [3.63, 3.8) is 0 Å². The van der Waals surface area contributed by atoms with Crippen LogP contribution in [0.5, 0.6) is 0 Å². The van der Waals surface area contributed by atoms with E-state index in [9.17, 15) is 9.90 Å². The summed E-state index contributed by atoms with van der Waals surface area (Å²) in [4.78, 5) is 14.5. The number of likely N-dealkylation sites (tertiary alicyclic amines) is 1. The molecule has 2 rings (SSSR count). The molecule has 0 aliphatic carbocycles. The number of amides is 1. The smallest absolute Gasteiger partial charge is 0.237 e. The number of carbonyl (C=O) groups excluding carboxylic acids is 1. The second-order valence-electron chi connectivity index (χ2n) is 7.28. The van der Waals surface area contributed by atoms with Gasteiger partial charge in [-0.2, -0.15) is 0 Å². The van der Waals surface area contributed by atoms with E-state index in [1.807, 2.05) is 18.2 Å². The maximum atomic E-state index is 12.2. The van der Waals surface area contributed by atoms with Crippen LogP contribution in [-0.4, -0.2) is 47.2 Å². The van der Waals surface area contributed by atoms with Gasteiger partial charge in [0, 0.05) is 13.1 Å². The van der Waals surface area contributed by atoms with Crippen LogP contribution in [-0.2, 0) is 11.3 Å². The van der Waals surface area contributed by atoms with Crippen molar-refractivity contribution in [1.29, 1.82) is 0 Å². The van der Waals surface area contributed by atoms with Gasteiger partial charge in [-0.15, -0.1) is 0 Å². The van der Waals surface area contributed by atoms with E-state index in [0.29, 0.717) is 18.9 Å². The maximum Gasteiger partial charge on any atom is 0.237 e. The standard InChI is InChI=1S/C19H31N3O2/c1-14(2)11-16(20)19(24)21-17-9-6-10-22(13-18(17)23)12-15-7-4-3-5-8-15/h3-5,7-8,14,16-18,23H,6,9-13,20H2,1-2H3,(H,21,24)/t16?,17?,18-/m0/s1. The van der Waals surface area contributed by atoms with E-state index in [4.69, 9.17) is 5.73 Å². The topological polar surface area (TPSA) is 78.6 Å². The summed E-state index contributed by atoms with van der Waals surface area (Å²) in [5, 5.41) is 13.5. The summed E-state index contributed by atoms with van der Waals surface area (Å²) >= 11 is 0. The van der Waals surface area contributed by atoms with Crippen LogP contribution in [0.4, 0.5) is 0 Å². The van der Waals surface area contributed by atoms with E-state index >= 15 is 0 Å². The number of β-amino-alcohol motifs (C(OH)–C–C–N with tert-alkyl or cyclic N) is 1. The third-order valence-corrected chi connectivity index (χ3v) is 4.54. The fraction of sp³-hybridized carbons (Fsp3) is 0.632. The lowest BCUT2D eigenvalue weighted by atomic mass is 10.0. The van der Waals surface area contributed by atoms with Crippen LogP contribution in [0.15, 0.2) is 30.3 Å². The van der Waals surface area contributed by atoms with Crippen LogP contribution in [0.1, 0.15) is 38.7 Å². The molecule has 1 aliphatic heterocycles. The number of hydrogen-bond acceptors (Lipinski definition) is 4. The Kier molecular flexibility index (Phi) is 7.21. The van der Waals surface area contributed by atoms with Crippen molar-refractivity contribution in [3.8, 4) is 0 Å². The predicted molar refractivity (Wildman–Crippen MR) is 96.3 cm³/mol. The summed E-state index contributed by atoms with van der Waals surface area (Å²) in [7, 11) is 0. The first-order valence-corrected chi connectivity index (χ1v) is 8.96. The average molecular weight is 333 g/mol. The van der Waals surface area contributed by atoms with Crippen molar-refractivity contribution in [2.24, 2.45) is 11.7 Å². The third kappa shape index (κ3) is 5.89. The van der Waals surface area contributed by atoms with Crippen molar-refractivity contribution >= 4 is 5.91 Å². The lowest BCUT2D eigenvalue weighted by Gasteiger charge is -2.26. The van der Waals surface area contributed by atoms with E-state index in [-0.39, 0.29) is 11.9 Å². The summed E-state index contributed by atoms with van der Waals surface area (Å²) in [6, 6.07) is 9.55. The van der Waals surface area contributed by atoms with Gasteiger partial charge >= 0.3 is 0 Å². The molecule has 0 bridgehead atoms. The molecule has 1 aliphatic rings. The van der Waals surface area contributed by atoms with Gasteiger partial charge in [0.15, 0.2) is 0 Å². The Balaban J connectivity index is 1.87. The Morgan fingerprint density at radius 1 is 1.38 bits per heavy atom. The van der Waals surface area contributed by atoms with E-state index in [2.05, 4.69) is 36.2 Å². The number of benzene rings is 1. The van der Waals surface area contributed by atoms with Gasteiger partial charge in [0.25, 0.3) is 0 Å². The first-order chi connectivity index (χ1) is 11.5. The van der Waals surface area contributed by atoms with Gasteiger partial charge in [-0.25, -0.2) is 0 Å². The Morgan fingerprint density at radius 3 is 2.75 bits per heavy atom. The molecule has 0 saturated carbocycles. The number of hydrogen-bond donors (Lipinski definition) is 3. The number of rotatable bonds is 6. The summed E-state index contributed by atoms with van der Waals surface area (Å²) in [5.74, 6) is 0.232. The van der Waals surface area contributed by atoms with Crippen LogP contribution >= 0.6 is 0 Å². The lowest BCUT2D eigenvalue weighted by Crippen LogP contribution is -2.51. The highest BCUT2D eigenvalue weighted by atomic mass is 16.3. The molecule has 1 saturated heterocycles. The highest BCUT2D eigenvalue weighted by molar-refractivity contribution is 5.81. The highest BCUT2D eigenvalue weighted by Crippen LogP contribution is 2.15. The van der Waals surface area contributed by atoms with Crippen LogP contribution in [0.2, 0.25) is 0 Å². The lowest BCUT2D eigenvalue weighted by molar-refractivity contribution is -0.124. The van der Waals surface area contributed by atoms with Crippen LogP contribution < -0.4 is 11.1 Å². The molecular weight excluding hydrogens is 302 g/mol. The minimum absolute atomic E-state index is 0.149. The van der Waals surface area contributed by atoms with Gasteiger partial charge in [-0.3, -0.25) is 9.69 Å². The van der Waals surface area contributed by atoms with Gasteiger partial charge in [-0.05, 0) is 37.3 Å². The molecular formula is C19H31N3O2. The molecule has 0 spiro atoms. The number of carbonyl (C=O) groups is 1. The highest BCUT2D eigenvalue weighted by Gasteiger charge is 2.28. The second-order valence-corrected chi connectivity index (χ2v) is 7.28. The Labute approximate surface area is 145 Å². The van der Waals surface area contributed by atoms with E-state index in [1.165, 1.54) is 5.56 Å². The first kappa shape index (κ1) is 18.9. The Morgan fingerprint density at radius 2 is 2.08 bits per heavy atom. The van der Waals surface area contributed by atoms with Crippen molar-refractivity contribution in [1.82, 2.24) is 10.2 Å². The Hall–Kier alpha value is -1.43. The molecule has 5 heteroatoms. The quantitative estimate of drug-likeness (QED) is 0.737. The van der Waals surface area contributed by atoms with Crippen molar-refractivity contribution in [3.05, 3.63) is 35.9 Å². The zero-order valence-corrected chi connectivity index (χ0v) is 14.8. The van der Waals surface area contributed by atoms with Gasteiger partial charge < -0.3 is 16.2 Å². The van der Waals surface area contributed by atoms with E-state index < -0.39 is 12.1 Å². The normalized spacial score (nSPS) is 23.7. The molecule has 1 heterocycles. The minimum atomic E-state index is -0.564. The summed E-state index contributed by atoms with van der Waals surface area (Å²) in [5.41, 5.74) is 7.19. The summed E-state index contributed by atoms with van der Waals surface area (Å²) in [6.07, 6.45) is 1.83. The molecule has 1 amide bonds. The zero-order chi connectivity index (χ0) is 17.5. The van der Waals surface area contributed by atoms with Gasteiger partial charge in [0.1, 0.15) is 0 Å². The average Bonchev–Trinajstić information content (AvgIpc) is 2.69. The fourth-order valence-electron chi connectivity index (χ4n) is 3.27. The summed E-state index contributed by atoms with van der Waals surface area (Å²) < 4.78 is 0. The number of aliphatic hydroxyl groups is 1. The van der Waals surface area contributed by atoms with Gasteiger partial charge in [-0.1, -0.05) is 44.2 Å². The van der Waals surface area contributed by atoms with Crippen LogP contribution in [0.3, 0.4) is 0 Å². The monoisotopic (exact) mass is 333 g/mol. The van der Waals surface area contributed by atoms with Crippen molar-refractivity contribution < 1.29 is 9.90 Å². The number of nitrogens with one attached hydrogen (secondary N) is 1. The van der Waals surface area contributed by atoms with Crippen LogP contribution in [0, 0.1) is 5.92 Å². The number of aliphatic hydroxyl groups excluding tert-OH is 1. The molecule has 4 N–H and O–H groups in total. The molecule has 1 fully saturated rings. The minimum Gasteiger partial charge on any atom is -0.390 e. The van der Waals surface area contributed by atoms with Gasteiger partial charge in [0.2, 0.25) is 5.91 Å². The van der Waals surface area contributed by atoms with Crippen molar-refractivity contribution in [2.45, 2.75) is 57.8 Å². The number of nitrogens with zero attached hydrogens (tertiary/aromatic N) is 1. The first-order valence-electron chi connectivity index (χ1n) is 8.96. The molecule has 2 unspecified atom stereocenters. The molecule has 1 aromatic carbocycles. The number of nitrogens with two attached hydrogens (primary N) is 1. The molecule has 5 nitrogen and oxygen atoms in total. The molecule has 3 atom stereocenters. The third-order valence-electron chi connectivity index (χ3n) is 4.54. The van der Waals surface area contributed by atoms with E-state index in [1.54, 1.807) is 0 Å². The predicted octanol–water partition coefficient (Wildman–Crippen LogP) is 1.50. The molecule has 1 aromatic rings. The van der Waals surface area contributed by atoms with Gasteiger partial charge in [0.05, 0.1) is 18.2 Å². The van der Waals surface area contributed by atoms with Crippen LogP contribution in [0.25, 0.3) is 0 Å². The zero-order valence-electron chi connectivity index (χ0n) is 14.8. The molecule has 24 heavy (non-hydrogen) atoms. The van der Waals surface area contributed by atoms with Crippen molar-refractivity contribution in [2.75, 3.05) is 13.1 Å². The summed E-state index contributed by atoms with van der Waals surface area (Å²) in [6.45, 7) is 6.42. The maximum absolute atomic E-state index is 12.2. The molecule has 0 radical (unpaired) electrons. The van der Waals surface area contributed by atoms with E-state index in [0.717, 1.165) is 25.9 Å². The molecule has 0 aromatic heterocycles. The second kappa shape index (κ2) is 9.16. The fourth-order valence-corrected chi connectivity index (χ4v) is 3.27. The SMILES string of the molecule is CC(C)CC(N)C(=O)NC1CCCN(Cc2ccccc2)C[C@@H]1O. The molecule has 134 valence electrons. The Bertz CT molecular complexity index is 507. The largest absolute Gasteiger partial charge is 0.390 e.